The summed E-state index contributed by atoms with van der Waals surface area (Å²) in [4.78, 5) is 2.59. The molecule has 1 fully saturated rings. The number of unbranched alkanes of at least 4 members (excludes halogenated alkanes) is 1. The van der Waals surface area contributed by atoms with E-state index in [4.69, 9.17) is 0 Å². The van der Waals surface area contributed by atoms with Gasteiger partial charge in [0.1, 0.15) is 0 Å². The highest BCUT2D eigenvalue weighted by Crippen LogP contribution is 2.29. The summed E-state index contributed by atoms with van der Waals surface area (Å²) in [6.07, 6.45) is 8.28. The molecule has 0 heterocycles. The van der Waals surface area contributed by atoms with Crippen molar-refractivity contribution in [2.24, 2.45) is 0 Å². The molecule has 0 spiro atoms. The lowest BCUT2D eigenvalue weighted by molar-refractivity contribution is 0.285. The molecule has 0 aromatic heterocycles. The molecule has 1 heteroatoms. The van der Waals surface area contributed by atoms with Gasteiger partial charge < -0.3 is 0 Å². The van der Waals surface area contributed by atoms with Crippen molar-refractivity contribution in [2.75, 3.05) is 13.1 Å². The topological polar surface area (TPSA) is 3.24 Å². The van der Waals surface area contributed by atoms with Gasteiger partial charge in [-0.15, -0.1) is 0 Å². The van der Waals surface area contributed by atoms with E-state index in [9.17, 15) is 0 Å². The van der Waals surface area contributed by atoms with Gasteiger partial charge in [-0.3, -0.25) is 4.90 Å². The molecule has 0 N–H and O–H groups in total. The van der Waals surface area contributed by atoms with Crippen LogP contribution in [0.4, 0.5) is 0 Å². The van der Waals surface area contributed by atoms with Crippen LogP contribution in [-0.4, -0.2) is 18.0 Å². The highest BCUT2D eigenvalue weighted by Gasteiger charge is 2.21. The SMILES string of the molecule is CCCCN(CC)[C]1CCCC1. The van der Waals surface area contributed by atoms with Crippen LogP contribution in [0.15, 0.2) is 0 Å². The van der Waals surface area contributed by atoms with Crippen LogP contribution in [0, 0.1) is 6.04 Å². The summed E-state index contributed by atoms with van der Waals surface area (Å²) < 4.78 is 0. The van der Waals surface area contributed by atoms with Crippen LogP contribution in [-0.2, 0) is 0 Å². The predicted molar refractivity (Wildman–Crippen MR) is 53.9 cm³/mol. The van der Waals surface area contributed by atoms with Gasteiger partial charge in [-0.05, 0) is 32.4 Å². The Kier molecular flexibility index (Phi) is 4.67. The Bertz CT molecular complexity index is 106. The lowest BCUT2D eigenvalue weighted by Crippen LogP contribution is -2.27. The van der Waals surface area contributed by atoms with Crippen molar-refractivity contribution in [3.63, 3.8) is 0 Å². The fourth-order valence-corrected chi connectivity index (χ4v) is 1.99. The third-order valence-electron chi connectivity index (χ3n) is 2.79. The maximum atomic E-state index is 2.59. The van der Waals surface area contributed by atoms with E-state index < -0.39 is 0 Å². The smallest absolute Gasteiger partial charge is 0.0393 e. The van der Waals surface area contributed by atoms with Gasteiger partial charge in [-0.2, -0.15) is 0 Å². The van der Waals surface area contributed by atoms with Gasteiger partial charge >= 0.3 is 0 Å². The van der Waals surface area contributed by atoms with Gasteiger partial charge in [-0.25, -0.2) is 0 Å². The van der Waals surface area contributed by atoms with Crippen molar-refractivity contribution in [3.8, 4) is 0 Å². The van der Waals surface area contributed by atoms with E-state index in [2.05, 4.69) is 18.7 Å². The van der Waals surface area contributed by atoms with E-state index in [0.29, 0.717) is 0 Å². The van der Waals surface area contributed by atoms with Gasteiger partial charge in [0.05, 0.1) is 0 Å². The van der Waals surface area contributed by atoms with Crippen LogP contribution < -0.4 is 0 Å². The maximum Gasteiger partial charge on any atom is 0.0393 e. The summed E-state index contributed by atoms with van der Waals surface area (Å²) in [5, 5.41) is 0. The van der Waals surface area contributed by atoms with E-state index in [0.717, 1.165) is 0 Å². The monoisotopic (exact) mass is 168 g/mol. The molecule has 0 aromatic rings. The van der Waals surface area contributed by atoms with Crippen LogP contribution in [0.2, 0.25) is 0 Å². The van der Waals surface area contributed by atoms with Gasteiger partial charge in [-0.1, -0.05) is 33.1 Å². The molecule has 1 rings (SSSR count). The van der Waals surface area contributed by atoms with E-state index in [-0.39, 0.29) is 0 Å². The normalized spacial score (nSPS) is 19.2. The highest BCUT2D eigenvalue weighted by atomic mass is 15.1. The van der Waals surface area contributed by atoms with Crippen molar-refractivity contribution in [1.82, 2.24) is 4.90 Å². The second-order valence-electron chi connectivity index (χ2n) is 3.71. The molecule has 0 aromatic carbocycles. The Morgan fingerprint density at radius 1 is 1.17 bits per heavy atom. The van der Waals surface area contributed by atoms with E-state index in [1.54, 1.807) is 6.04 Å². The van der Waals surface area contributed by atoms with Crippen molar-refractivity contribution in [1.29, 1.82) is 0 Å². The van der Waals surface area contributed by atoms with Gasteiger partial charge in [0.25, 0.3) is 0 Å². The third-order valence-corrected chi connectivity index (χ3v) is 2.79. The van der Waals surface area contributed by atoms with Crippen LogP contribution in [0.25, 0.3) is 0 Å². The lowest BCUT2D eigenvalue weighted by Gasteiger charge is -2.26. The van der Waals surface area contributed by atoms with E-state index in [1.165, 1.54) is 51.6 Å². The predicted octanol–water partition coefficient (Wildman–Crippen LogP) is 3.21. The molecular formula is C11H22N. The number of rotatable bonds is 5. The summed E-state index contributed by atoms with van der Waals surface area (Å²) in [7, 11) is 0. The molecule has 1 saturated carbocycles. The lowest BCUT2D eigenvalue weighted by atomic mass is 10.2. The maximum absolute atomic E-state index is 2.59. The summed E-state index contributed by atoms with van der Waals surface area (Å²) in [5.74, 6) is 0. The fourth-order valence-electron chi connectivity index (χ4n) is 1.99. The Morgan fingerprint density at radius 3 is 2.33 bits per heavy atom. The molecule has 0 aliphatic heterocycles. The Labute approximate surface area is 77.1 Å². The summed E-state index contributed by atoms with van der Waals surface area (Å²) >= 11 is 0. The molecule has 1 nitrogen and oxygen atoms in total. The van der Waals surface area contributed by atoms with E-state index >= 15 is 0 Å². The average molecular weight is 168 g/mol. The summed E-state index contributed by atoms with van der Waals surface area (Å²) in [5.41, 5.74) is 0. The summed E-state index contributed by atoms with van der Waals surface area (Å²) in [6.45, 7) is 7.06. The minimum absolute atomic E-state index is 1.22. The van der Waals surface area contributed by atoms with E-state index in [1.807, 2.05) is 0 Å². The second-order valence-corrected chi connectivity index (χ2v) is 3.71. The van der Waals surface area contributed by atoms with Crippen LogP contribution in [0.1, 0.15) is 52.4 Å². The fraction of sp³-hybridized carbons (Fsp3) is 0.909. The minimum Gasteiger partial charge on any atom is -0.296 e. The molecule has 0 atom stereocenters. The van der Waals surface area contributed by atoms with Crippen LogP contribution >= 0.6 is 0 Å². The Balaban J connectivity index is 2.22. The average Bonchev–Trinajstić information content (AvgIpc) is 2.59. The molecule has 0 saturated heterocycles. The standard InChI is InChI=1S/C11H22N/c1-3-5-10-12(4-2)11-8-6-7-9-11/h3-10H2,1-2H3. The number of hydrogen-bond donors (Lipinski definition) is 0. The molecular weight excluding hydrogens is 146 g/mol. The second kappa shape index (κ2) is 5.58. The first-order valence-electron chi connectivity index (χ1n) is 5.48. The zero-order valence-corrected chi connectivity index (χ0v) is 8.60. The van der Waals surface area contributed by atoms with Crippen molar-refractivity contribution in [2.45, 2.75) is 52.4 Å². The molecule has 0 unspecified atom stereocenters. The highest BCUT2D eigenvalue weighted by molar-refractivity contribution is 4.93. The van der Waals surface area contributed by atoms with Crippen molar-refractivity contribution >= 4 is 0 Å². The first-order valence-corrected chi connectivity index (χ1v) is 5.48. The number of nitrogens with zero attached hydrogens (tertiary/aromatic N) is 1. The third kappa shape index (κ3) is 2.78. The zero-order chi connectivity index (χ0) is 8.81. The van der Waals surface area contributed by atoms with Crippen molar-refractivity contribution in [3.05, 3.63) is 6.04 Å². The molecule has 12 heavy (non-hydrogen) atoms. The Morgan fingerprint density at radius 2 is 1.83 bits per heavy atom. The zero-order valence-electron chi connectivity index (χ0n) is 8.60. The molecule has 0 amide bonds. The Hall–Kier alpha value is -0.0400. The summed E-state index contributed by atoms with van der Waals surface area (Å²) in [6, 6.07) is 1.73. The van der Waals surface area contributed by atoms with Gasteiger partial charge in [0.15, 0.2) is 0 Å². The molecule has 1 aliphatic carbocycles. The van der Waals surface area contributed by atoms with Gasteiger partial charge in [0, 0.05) is 6.04 Å². The molecule has 1 aliphatic rings. The first-order chi connectivity index (χ1) is 5.88. The molecule has 1 radical (unpaired) electrons. The molecule has 71 valence electrons. The molecule has 0 bridgehead atoms. The quantitative estimate of drug-likeness (QED) is 0.609. The number of hydrogen-bond acceptors (Lipinski definition) is 1. The minimum atomic E-state index is 1.22. The van der Waals surface area contributed by atoms with Crippen LogP contribution in [0.3, 0.4) is 0 Å². The van der Waals surface area contributed by atoms with Crippen molar-refractivity contribution < 1.29 is 0 Å². The van der Waals surface area contributed by atoms with Gasteiger partial charge in [0.2, 0.25) is 0 Å². The largest absolute Gasteiger partial charge is 0.296 e. The van der Waals surface area contributed by atoms with Crippen LogP contribution in [0.5, 0.6) is 0 Å². The first kappa shape index (κ1) is 10.0.